The van der Waals surface area contributed by atoms with Gasteiger partial charge in [0, 0.05) is 5.92 Å². The number of hydrogen-bond donors (Lipinski definition) is 2. The van der Waals surface area contributed by atoms with Gasteiger partial charge in [-0.25, -0.2) is 4.39 Å². The smallest absolute Gasteiger partial charge is 0.155 e. The normalized spacial score (nSPS) is 39.0. The summed E-state index contributed by atoms with van der Waals surface area (Å²) in [5.41, 5.74) is 0.259. The lowest BCUT2D eigenvalue weighted by Gasteiger charge is -2.47. The van der Waals surface area contributed by atoms with Crippen LogP contribution in [0.1, 0.15) is 91.0 Å². The van der Waals surface area contributed by atoms with Crippen LogP contribution in [-0.2, 0) is 4.79 Å². The molecule has 0 saturated heterocycles. The van der Waals surface area contributed by atoms with Crippen LogP contribution in [0.5, 0.6) is 0 Å². The van der Waals surface area contributed by atoms with E-state index < -0.39 is 11.4 Å². The first kappa shape index (κ1) is 26.1. The van der Waals surface area contributed by atoms with E-state index in [2.05, 4.69) is 26.1 Å². The highest BCUT2D eigenvalue weighted by Crippen LogP contribution is 2.61. The Hall–Kier alpha value is -1.93. The van der Waals surface area contributed by atoms with Crippen LogP contribution in [-0.4, -0.2) is 23.0 Å². The number of rotatable bonds is 7. The van der Waals surface area contributed by atoms with Crippen LogP contribution in [0.3, 0.4) is 0 Å². The van der Waals surface area contributed by atoms with Crippen LogP contribution in [0.15, 0.2) is 18.2 Å². The number of carbonyl (C=O) groups excluding carboxylic acids is 1. The molecule has 0 heterocycles. The minimum atomic E-state index is -0.515. The van der Waals surface area contributed by atoms with Crippen molar-refractivity contribution in [1.82, 2.24) is 0 Å². The van der Waals surface area contributed by atoms with Gasteiger partial charge in [0.25, 0.3) is 0 Å². The van der Waals surface area contributed by atoms with Gasteiger partial charge in [0.05, 0.1) is 23.4 Å². The summed E-state index contributed by atoms with van der Waals surface area (Å²) >= 11 is 0. The summed E-state index contributed by atoms with van der Waals surface area (Å²) in [6.45, 7) is 9.22. The van der Waals surface area contributed by atoms with Gasteiger partial charge in [-0.2, -0.15) is 5.26 Å². The number of anilines is 1. The average Bonchev–Trinajstić information content (AvgIpc) is 3.09. The van der Waals surface area contributed by atoms with E-state index in [4.69, 9.17) is 0 Å². The third-order valence-corrected chi connectivity index (χ3v) is 10.1. The molecular formula is C30H43FN2O2. The minimum absolute atomic E-state index is 0.0195. The molecule has 4 nitrogen and oxygen atoms in total. The van der Waals surface area contributed by atoms with Gasteiger partial charge >= 0.3 is 0 Å². The van der Waals surface area contributed by atoms with Crippen LogP contribution >= 0.6 is 0 Å². The summed E-state index contributed by atoms with van der Waals surface area (Å²) in [6, 6.07) is 6.09. The number of aliphatic hydroxyl groups is 1. The predicted octanol–water partition coefficient (Wildman–Crippen LogP) is 6.72. The standard InChI is InChI=1S/C30H43FN2O2/c1-19-11-13-29(3,35)16-22(19)8-7-21-6-5-12-30(4)25(14-20(2)28(21)30)27(34)18-33-26-10-9-24(31)15-23(26)17-32/h9-10,15,19-22,25,28,33,35H,5-8,11-14,16,18H2,1-4H3/t19-,20+,21-,22+,25+,28-,29+,30+/m0/s1. The number of fused-ring (bicyclic) bond motifs is 1. The van der Waals surface area contributed by atoms with Gasteiger partial charge in [0.2, 0.25) is 0 Å². The molecule has 0 amide bonds. The number of Topliss-reactive ketones (excluding diaryl/α,β-unsaturated/α-hetero) is 1. The van der Waals surface area contributed by atoms with Crippen LogP contribution in [0.4, 0.5) is 10.1 Å². The maximum atomic E-state index is 13.5. The molecule has 3 aliphatic carbocycles. The molecule has 0 bridgehead atoms. The monoisotopic (exact) mass is 482 g/mol. The van der Waals surface area contributed by atoms with Gasteiger partial charge in [-0.15, -0.1) is 0 Å². The molecule has 3 fully saturated rings. The van der Waals surface area contributed by atoms with Crippen molar-refractivity contribution in [2.24, 2.45) is 40.9 Å². The molecule has 1 aromatic rings. The molecule has 0 aromatic heterocycles. The summed E-state index contributed by atoms with van der Waals surface area (Å²) in [5, 5.41) is 23.1. The highest BCUT2D eigenvalue weighted by atomic mass is 19.1. The summed E-state index contributed by atoms with van der Waals surface area (Å²) < 4.78 is 13.5. The third kappa shape index (κ3) is 5.43. The largest absolute Gasteiger partial charge is 0.390 e. The lowest BCUT2D eigenvalue weighted by atomic mass is 9.58. The van der Waals surface area contributed by atoms with E-state index in [1.807, 2.05) is 13.0 Å². The molecule has 0 aliphatic heterocycles. The van der Waals surface area contributed by atoms with Crippen LogP contribution < -0.4 is 5.32 Å². The first-order valence-electron chi connectivity index (χ1n) is 13.7. The maximum Gasteiger partial charge on any atom is 0.155 e. The molecule has 4 rings (SSSR count). The van der Waals surface area contributed by atoms with Crippen molar-refractivity contribution in [3.63, 3.8) is 0 Å². The van der Waals surface area contributed by atoms with Gasteiger partial charge in [0.15, 0.2) is 5.78 Å². The number of carbonyl (C=O) groups is 1. The third-order valence-electron chi connectivity index (χ3n) is 10.1. The van der Waals surface area contributed by atoms with Crippen molar-refractivity contribution in [1.29, 1.82) is 5.26 Å². The van der Waals surface area contributed by atoms with Crippen molar-refractivity contribution < 1.29 is 14.3 Å². The molecule has 192 valence electrons. The van der Waals surface area contributed by atoms with Gasteiger partial charge < -0.3 is 10.4 Å². The number of nitriles is 1. The zero-order valence-electron chi connectivity index (χ0n) is 21.9. The van der Waals surface area contributed by atoms with Crippen molar-refractivity contribution in [3.05, 3.63) is 29.6 Å². The van der Waals surface area contributed by atoms with Gasteiger partial charge in [-0.3, -0.25) is 4.79 Å². The van der Waals surface area contributed by atoms with E-state index >= 15 is 0 Å². The fraction of sp³-hybridized carbons (Fsp3) is 0.733. The minimum Gasteiger partial charge on any atom is -0.390 e. The van der Waals surface area contributed by atoms with Crippen LogP contribution in [0, 0.1) is 58.1 Å². The second-order valence-electron chi connectivity index (χ2n) is 12.6. The molecule has 0 spiro atoms. The summed E-state index contributed by atoms with van der Waals surface area (Å²) in [6.07, 6.45) is 9.80. The highest BCUT2D eigenvalue weighted by Gasteiger charge is 2.56. The van der Waals surface area contributed by atoms with Gasteiger partial charge in [0.1, 0.15) is 11.9 Å². The number of nitrogens with one attached hydrogen (secondary N) is 1. The Kier molecular flexibility index (Phi) is 7.62. The Balaban J connectivity index is 1.41. The molecular weight excluding hydrogens is 439 g/mol. The van der Waals surface area contributed by atoms with E-state index in [0.29, 0.717) is 35.3 Å². The van der Waals surface area contributed by atoms with Crippen LogP contribution in [0.25, 0.3) is 0 Å². The fourth-order valence-electron chi connectivity index (χ4n) is 8.29. The number of hydrogen-bond acceptors (Lipinski definition) is 4. The number of ketones is 1. The van der Waals surface area contributed by atoms with Crippen molar-refractivity contribution in [2.75, 3.05) is 11.9 Å². The SMILES string of the molecule is C[C@@H]1C[C@H](C(=O)CNc2ccc(F)cc2C#N)[C@@]2(C)CCC[C@@H](CC[C@@H]3C[C@](C)(O)CC[C@@H]3C)[C@H]12. The van der Waals surface area contributed by atoms with Crippen molar-refractivity contribution in [2.45, 2.75) is 91.1 Å². The number of nitrogens with zero attached hydrogens (tertiary/aromatic N) is 1. The second-order valence-corrected chi connectivity index (χ2v) is 12.6. The van der Waals surface area contributed by atoms with Gasteiger partial charge in [-0.1, -0.05) is 33.6 Å². The highest BCUT2D eigenvalue weighted by molar-refractivity contribution is 5.86. The molecule has 8 atom stereocenters. The van der Waals surface area contributed by atoms with Crippen LogP contribution in [0.2, 0.25) is 0 Å². The molecule has 0 radical (unpaired) electrons. The van der Waals surface area contributed by atoms with E-state index in [1.54, 1.807) is 6.07 Å². The molecule has 0 unspecified atom stereocenters. The van der Waals surface area contributed by atoms with E-state index in [-0.39, 0.29) is 29.2 Å². The lowest BCUT2D eigenvalue weighted by molar-refractivity contribution is -0.126. The Morgan fingerprint density at radius 3 is 2.66 bits per heavy atom. The molecule has 2 N–H and O–H groups in total. The Labute approximate surface area is 210 Å². The van der Waals surface area contributed by atoms with E-state index in [1.165, 1.54) is 37.8 Å². The quantitative estimate of drug-likeness (QED) is 0.452. The Bertz CT molecular complexity index is 970. The summed E-state index contributed by atoms with van der Waals surface area (Å²) in [5.74, 6) is 2.79. The summed E-state index contributed by atoms with van der Waals surface area (Å²) in [7, 11) is 0. The Morgan fingerprint density at radius 2 is 1.91 bits per heavy atom. The topological polar surface area (TPSA) is 73.1 Å². The molecule has 3 aliphatic rings. The average molecular weight is 483 g/mol. The number of halogens is 1. The zero-order valence-corrected chi connectivity index (χ0v) is 21.9. The summed E-state index contributed by atoms with van der Waals surface area (Å²) in [4.78, 5) is 13.5. The lowest BCUT2D eigenvalue weighted by Crippen LogP contribution is -2.42. The number of benzene rings is 1. The van der Waals surface area contributed by atoms with Gasteiger partial charge in [-0.05, 0) is 105 Å². The molecule has 35 heavy (non-hydrogen) atoms. The van der Waals surface area contributed by atoms with E-state index in [0.717, 1.165) is 32.1 Å². The first-order chi connectivity index (χ1) is 16.5. The van der Waals surface area contributed by atoms with Crippen molar-refractivity contribution in [3.8, 4) is 6.07 Å². The predicted molar refractivity (Wildman–Crippen MR) is 137 cm³/mol. The second kappa shape index (κ2) is 10.2. The first-order valence-corrected chi connectivity index (χ1v) is 13.7. The van der Waals surface area contributed by atoms with Crippen molar-refractivity contribution >= 4 is 11.5 Å². The Morgan fingerprint density at radius 1 is 1.17 bits per heavy atom. The molecule has 3 saturated carbocycles. The maximum absolute atomic E-state index is 13.5. The zero-order chi connectivity index (χ0) is 25.4. The van der Waals surface area contributed by atoms with E-state index in [9.17, 15) is 19.6 Å². The molecule has 1 aromatic carbocycles. The molecule has 5 heteroatoms. The fourth-order valence-corrected chi connectivity index (χ4v) is 8.29.